The largest absolute Gasteiger partial charge is 0.380 e. The summed E-state index contributed by atoms with van der Waals surface area (Å²) in [4.78, 5) is 2.49. The van der Waals surface area contributed by atoms with Crippen LogP contribution in [0.1, 0.15) is 33.1 Å². The lowest BCUT2D eigenvalue weighted by atomic mass is 9.92. The van der Waals surface area contributed by atoms with Crippen LogP contribution in [0.5, 0.6) is 0 Å². The van der Waals surface area contributed by atoms with E-state index in [2.05, 4.69) is 18.7 Å². The molecule has 0 saturated carbocycles. The van der Waals surface area contributed by atoms with E-state index < -0.39 is 0 Å². The topological polar surface area (TPSA) is 38.5 Å². The van der Waals surface area contributed by atoms with E-state index in [4.69, 9.17) is 10.5 Å². The van der Waals surface area contributed by atoms with Crippen LogP contribution in [0.4, 0.5) is 0 Å². The van der Waals surface area contributed by atoms with Crippen molar-refractivity contribution in [1.29, 1.82) is 0 Å². The van der Waals surface area contributed by atoms with E-state index >= 15 is 0 Å². The monoisotopic (exact) mass is 214 g/mol. The minimum atomic E-state index is 0.337. The van der Waals surface area contributed by atoms with Crippen LogP contribution in [0, 0.1) is 5.92 Å². The van der Waals surface area contributed by atoms with E-state index in [1.54, 1.807) is 0 Å². The van der Waals surface area contributed by atoms with Crippen molar-refractivity contribution in [2.45, 2.75) is 39.2 Å². The predicted molar refractivity (Wildman–Crippen MR) is 63.9 cm³/mol. The lowest BCUT2D eigenvalue weighted by molar-refractivity contribution is 0.0820. The van der Waals surface area contributed by atoms with Crippen molar-refractivity contribution in [2.75, 3.05) is 32.8 Å². The van der Waals surface area contributed by atoms with Crippen LogP contribution >= 0.6 is 0 Å². The van der Waals surface area contributed by atoms with Crippen LogP contribution in [0.2, 0.25) is 0 Å². The second-order valence-electron chi connectivity index (χ2n) is 4.67. The minimum Gasteiger partial charge on any atom is -0.380 e. The number of nitrogens with zero attached hydrogens (tertiary/aromatic N) is 1. The first-order valence-corrected chi connectivity index (χ1v) is 6.29. The summed E-state index contributed by atoms with van der Waals surface area (Å²) in [6.45, 7) is 9.49. The zero-order valence-electron chi connectivity index (χ0n) is 10.2. The molecule has 2 unspecified atom stereocenters. The van der Waals surface area contributed by atoms with Gasteiger partial charge < -0.3 is 15.4 Å². The lowest BCUT2D eigenvalue weighted by Crippen LogP contribution is -2.43. The molecule has 2 atom stereocenters. The summed E-state index contributed by atoms with van der Waals surface area (Å²) in [6, 6.07) is 0.337. The van der Waals surface area contributed by atoms with Gasteiger partial charge in [-0.3, -0.25) is 0 Å². The van der Waals surface area contributed by atoms with E-state index in [9.17, 15) is 0 Å². The Hall–Kier alpha value is -0.120. The number of hydrogen-bond acceptors (Lipinski definition) is 3. The van der Waals surface area contributed by atoms with E-state index in [1.807, 2.05) is 0 Å². The highest BCUT2D eigenvalue weighted by atomic mass is 16.5. The molecule has 0 radical (unpaired) electrons. The molecule has 0 aromatic carbocycles. The normalized spacial score (nSPS) is 25.4. The summed E-state index contributed by atoms with van der Waals surface area (Å²) < 4.78 is 5.51. The smallest absolute Gasteiger partial charge is 0.0593 e. The first-order valence-electron chi connectivity index (χ1n) is 6.29. The molecule has 0 aromatic heterocycles. The number of piperidine rings is 1. The fourth-order valence-electron chi connectivity index (χ4n) is 2.16. The molecule has 90 valence electrons. The van der Waals surface area contributed by atoms with Gasteiger partial charge in [0.15, 0.2) is 0 Å². The standard InChI is InChI=1S/C12H26N2O/c1-3-8-15-9-7-14-6-4-5-12(10-14)11(2)13/h11-12H,3-10,13H2,1-2H3. The minimum absolute atomic E-state index is 0.337. The number of hydrogen-bond donors (Lipinski definition) is 1. The molecule has 1 saturated heterocycles. The van der Waals surface area contributed by atoms with E-state index in [0.29, 0.717) is 12.0 Å². The van der Waals surface area contributed by atoms with Gasteiger partial charge >= 0.3 is 0 Å². The Morgan fingerprint density at radius 1 is 1.47 bits per heavy atom. The molecular weight excluding hydrogens is 188 g/mol. The maximum Gasteiger partial charge on any atom is 0.0593 e. The van der Waals surface area contributed by atoms with Gasteiger partial charge in [-0.25, -0.2) is 0 Å². The highest BCUT2D eigenvalue weighted by Crippen LogP contribution is 2.18. The summed E-state index contributed by atoms with van der Waals surface area (Å²) >= 11 is 0. The van der Waals surface area contributed by atoms with Crippen molar-refractivity contribution in [2.24, 2.45) is 11.7 Å². The molecule has 1 heterocycles. The van der Waals surface area contributed by atoms with Crippen molar-refractivity contribution < 1.29 is 4.74 Å². The van der Waals surface area contributed by atoms with Gasteiger partial charge in [0, 0.05) is 25.7 Å². The summed E-state index contributed by atoms with van der Waals surface area (Å²) in [6.07, 6.45) is 3.70. The van der Waals surface area contributed by atoms with E-state index in [1.165, 1.54) is 19.4 Å². The summed E-state index contributed by atoms with van der Waals surface area (Å²) in [5.74, 6) is 0.685. The van der Waals surface area contributed by atoms with Gasteiger partial charge in [-0.15, -0.1) is 0 Å². The zero-order valence-corrected chi connectivity index (χ0v) is 10.2. The number of likely N-dealkylation sites (tertiary alicyclic amines) is 1. The number of nitrogens with two attached hydrogens (primary N) is 1. The highest BCUT2D eigenvalue weighted by Gasteiger charge is 2.21. The fraction of sp³-hybridized carbons (Fsp3) is 1.00. The molecule has 0 spiro atoms. The summed E-state index contributed by atoms with van der Waals surface area (Å²) in [7, 11) is 0. The molecule has 1 fully saturated rings. The van der Waals surface area contributed by atoms with Crippen molar-refractivity contribution in [3.05, 3.63) is 0 Å². The van der Waals surface area contributed by atoms with E-state index in [-0.39, 0.29) is 0 Å². The average Bonchev–Trinajstić information content (AvgIpc) is 2.25. The molecule has 0 aliphatic carbocycles. The Bertz CT molecular complexity index is 162. The van der Waals surface area contributed by atoms with Crippen molar-refractivity contribution in [3.63, 3.8) is 0 Å². The van der Waals surface area contributed by atoms with Crippen LogP contribution in [-0.4, -0.2) is 43.8 Å². The third kappa shape index (κ3) is 4.96. The molecule has 0 amide bonds. The third-order valence-electron chi connectivity index (χ3n) is 3.19. The van der Waals surface area contributed by atoms with Crippen LogP contribution in [0.25, 0.3) is 0 Å². The Kier molecular flexibility index (Phi) is 6.22. The van der Waals surface area contributed by atoms with Gasteiger partial charge in [0.2, 0.25) is 0 Å². The van der Waals surface area contributed by atoms with Gasteiger partial charge in [0.1, 0.15) is 0 Å². The Morgan fingerprint density at radius 2 is 2.27 bits per heavy atom. The Labute approximate surface area is 94.0 Å². The summed E-state index contributed by atoms with van der Waals surface area (Å²) in [5, 5.41) is 0. The highest BCUT2D eigenvalue weighted by molar-refractivity contribution is 4.78. The zero-order chi connectivity index (χ0) is 11.1. The van der Waals surface area contributed by atoms with Crippen molar-refractivity contribution in [1.82, 2.24) is 4.90 Å². The molecule has 1 rings (SSSR count). The van der Waals surface area contributed by atoms with E-state index in [0.717, 1.165) is 32.7 Å². The maximum absolute atomic E-state index is 5.95. The fourth-order valence-corrected chi connectivity index (χ4v) is 2.16. The second-order valence-corrected chi connectivity index (χ2v) is 4.67. The molecule has 0 aromatic rings. The van der Waals surface area contributed by atoms with Gasteiger partial charge in [-0.1, -0.05) is 6.92 Å². The van der Waals surface area contributed by atoms with Gasteiger partial charge in [-0.2, -0.15) is 0 Å². The van der Waals surface area contributed by atoms with Crippen LogP contribution in [-0.2, 0) is 4.74 Å². The first kappa shape index (κ1) is 12.9. The predicted octanol–water partition coefficient (Wildman–Crippen LogP) is 1.47. The van der Waals surface area contributed by atoms with Crippen molar-refractivity contribution >= 4 is 0 Å². The SMILES string of the molecule is CCCOCCN1CCCC(C(C)N)C1. The molecule has 3 nitrogen and oxygen atoms in total. The van der Waals surface area contributed by atoms with Gasteiger partial charge in [-0.05, 0) is 38.6 Å². The molecular formula is C12H26N2O. The van der Waals surface area contributed by atoms with Crippen LogP contribution in [0.3, 0.4) is 0 Å². The quantitative estimate of drug-likeness (QED) is 0.681. The second kappa shape index (κ2) is 7.20. The average molecular weight is 214 g/mol. The maximum atomic E-state index is 5.95. The molecule has 1 aliphatic heterocycles. The molecule has 15 heavy (non-hydrogen) atoms. The first-order chi connectivity index (χ1) is 7.24. The molecule has 1 aliphatic rings. The summed E-state index contributed by atoms with van der Waals surface area (Å²) in [5.41, 5.74) is 5.95. The van der Waals surface area contributed by atoms with Crippen LogP contribution < -0.4 is 5.73 Å². The van der Waals surface area contributed by atoms with Gasteiger partial charge in [0.05, 0.1) is 6.61 Å². The van der Waals surface area contributed by atoms with Crippen molar-refractivity contribution in [3.8, 4) is 0 Å². The number of rotatable bonds is 6. The third-order valence-corrected chi connectivity index (χ3v) is 3.19. The number of ether oxygens (including phenoxy) is 1. The lowest BCUT2D eigenvalue weighted by Gasteiger charge is -2.34. The molecule has 3 heteroatoms. The van der Waals surface area contributed by atoms with Gasteiger partial charge in [0.25, 0.3) is 0 Å². The molecule has 2 N–H and O–H groups in total. The van der Waals surface area contributed by atoms with Crippen LogP contribution in [0.15, 0.2) is 0 Å². The molecule has 0 bridgehead atoms. The Balaban J connectivity index is 2.13. The Morgan fingerprint density at radius 3 is 2.93 bits per heavy atom.